The molecule has 2 heterocycles. The van der Waals surface area contributed by atoms with E-state index in [1.807, 2.05) is 32.6 Å². The third-order valence-corrected chi connectivity index (χ3v) is 5.19. The van der Waals surface area contributed by atoms with Crippen LogP contribution in [0.2, 0.25) is 0 Å². The molecule has 23 heavy (non-hydrogen) atoms. The molecule has 1 fully saturated rings. The highest BCUT2D eigenvalue weighted by Gasteiger charge is 2.30. The van der Waals surface area contributed by atoms with Gasteiger partial charge in [0.2, 0.25) is 11.1 Å². The Morgan fingerprint density at radius 2 is 1.83 bits per heavy atom. The van der Waals surface area contributed by atoms with Crippen LogP contribution in [-0.4, -0.2) is 44.0 Å². The molecule has 0 radical (unpaired) electrons. The van der Waals surface area contributed by atoms with Crippen LogP contribution in [0.5, 0.6) is 0 Å². The summed E-state index contributed by atoms with van der Waals surface area (Å²) < 4.78 is 1.51. The lowest BCUT2D eigenvalue weighted by atomic mass is 9.92. The van der Waals surface area contributed by atoms with Gasteiger partial charge in [-0.3, -0.25) is 4.79 Å². The molecule has 1 amide bonds. The molecule has 0 aromatic carbocycles. The molecule has 0 saturated carbocycles. The molecule has 0 aliphatic carbocycles. The molecule has 1 aromatic rings. The van der Waals surface area contributed by atoms with E-state index in [4.69, 9.17) is 5.84 Å². The normalized spacial score (nSPS) is 23.8. The summed E-state index contributed by atoms with van der Waals surface area (Å²) in [6.45, 7) is 14.1. The zero-order chi connectivity index (χ0) is 17.4. The van der Waals surface area contributed by atoms with Gasteiger partial charge in [-0.15, -0.1) is 10.2 Å². The van der Waals surface area contributed by atoms with Crippen LogP contribution in [0.3, 0.4) is 0 Å². The number of hydrogen-bond acceptors (Lipinski definition) is 5. The van der Waals surface area contributed by atoms with Crippen molar-refractivity contribution in [3.63, 3.8) is 0 Å². The van der Waals surface area contributed by atoms with Gasteiger partial charge in [-0.25, -0.2) is 4.68 Å². The average molecular weight is 340 g/mol. The number of nitrogens with two attached hydrogens (primary N) is 1. The van der Waals surface area contributed by atoms with Crippen LogP contribution < -0.4 is 5.84 Å². The Hall–Kier alpha value is -1.24. The van der Waals surface area contributed by atoms with Gasteiger partial charge < -0.3 is 10.7 Å². The second kappa shape index (κ2) is 6.71. The lowest BCUT2D eigenvalue weighted by Gasteiger charge is -2.36. The van der Waals surface area contributed by atoms with Gasteiger partial charge >= 0.3 is 0 Å². The van der Waals surface area contributed by atoms with Crippen LogP contribution in [0.15, 0.2) is 5.16 Å². The molecular formula is C16H29N5OS. The molecule has 1 aromatic heterocycles. The van der Waals surface area contributed by atoms with Crippen molar-refractivity contribution in [1.82, 2.24) is 19.8 Å². The highest BCUT2D eigenvalue weighted by atomic mass is 32.2. The van der Waals surface area contributed by atoms with Crippen LogP contribution in [0, 0.1) is 11.8 Å². The lowest BCUT2D eigenvalue weighted by molar-refractivity contribution is -0.132. The third-order valence-electron chi connectivity index (χ3n) is 4.15. The highest BCUT2D eigenvalue weighted by Crippen LogP contribution is 2.28. The SMILES string of the molecule is CC1CC(C)CN(C(=O)C(C)Sc2nnc(C(C)(C)C)n2N)C1. The first-order valence-electron chi connectivity index (χ1n) is 8.26. The zero-order valence-corrected chi connectivity index (χ0v) is 15.9. The lowest BCUT2D eigenvalue weighted by Crippen LogP contribution is -2.45. The van der Waals surface area contributed by atoms with E-state index in [1.165, 1.54) is 22.9 Å². The van der Waals surface area contributed by atoms with Gasteiger partial charge in [-0.05, 0) is 25.2 Å². The Morgan fingerprint density at radius 3 is 2.30 bits per heavy atom. The fraction of sp³-hybridized carbons (Fsp3) is 0.812. The van der Waals surface area contributed by atoms with Gasteiger partial charge in [-0.2, -0.15) is 0 Å². The van der Waals surface area contributed by atoms with Gasteiger partial charge in [-0.1, -0.05) is 46.4 Å². The van der Waals surface area contributed by atoms with E-state index in [9.17, 15) is 4.79 Å². The predicted octanol–water partition coefficient (Wildman–Crippen LogP) is 2.27. The van der Waals surface area contributed by atoms with Crippen LogP contribution in [0.4, 0.5) is 0 Å². The topological polar surface area (TPSA) is 77.0 Å². The van der Waals surface area contributed by atoms with Gasteiger partial charge in [0.25, 0.3) is 0 Å². The number of nitrogen functional groups attached to an aromatic ring is 1. The molecule has 130 valence electrons. The van der Waals surface area contributed by atoms with Crippen molar-refractivity contribution < 1.29 is 4.79 Å². The Balaban J connectivity index is 2.06. The summed E-state index contributed by atoms with van der Waals surface area (Å²) in [7, 11) is 0. The Bertz CT molecular complexity index is 555. The van der Waals surface area contributed by atoms with E-state index >= 15 is 0 Å². The quantitative estimate of drug-likeness (QED) is 0.675. The van der Waals surface area contributed by atoms with Gasteiger partial charge in [0, 0.05) is 18.5 Å². The monoisotopic (exact) mass is 339 g/mol. The van der Waals surface area contributed by atoms with Crippen molar-refractivity contribution in [2.24, 2.45) is 11.8 Å². The first-order chi connectivity index (χ1) is 10.6. The van der Waals surface area contributed by atoms with E-state index in [0.29, 0.717) is 17.0 Å². The number of rotatable bonds is 3. The second-order valence-electron chi connectivity index (χ2n) is 7.88. The smallest absolute Gasteiger partial charge is 0.235 e. The van der Waals surface area contributed by atoms with E-state index in [1.54, 1.807) is 0 Å². The van der Waals surface area contributed by atoms with E-state index < -0.39 is 0 Å². The Labute approximate surface area is 143 Å². The molecule has 1 aliphatic rings. The maximum absolute atomic E-state index is 12.7. The number of carbonyl (C=O) groups is 1. The number of hydrogen-bond donors (Lipinski definition) is 1. The van der Waals surface area contributed by atoms with Crippen molar-refractivity contribution in [3.05, 3.63) is 5.82 Å². The minimum atomic E-state index is -0.216. The van der Waals surface area contributed by atoms with Crippen LogP contribution in [-0.2, 0) is 10.2 Å². The standard InChI is InChI=1S/C16H29N5OS/c1-10-7-11(2)9-20(8-10)13(22)12(3)23-15-19-18-14(21(15)17)16(4,5)6/h10-12H,7-9,17H2,1-6H3. The molecule has 1 saturated heterocycles. The molecule has 0 bridgehead atoms. The average Bonchev–Trinajstić information content (AvgIpc) is 2.78. The summed E-state index contributed by atoms with van der Waals surface area (Å²) >= 11 is 1.38. The predicted molar refractivity (Wildman–Crippen MR) is 93.7 cm³/mol. The number of nitrogens with zero attached hydrogens (tertiary/aromatic N) is 4. The molecule has 7 heteroatoms. The number of thioether (sulfide) groups is 1. The third kappa shape index (κ3) is 4.19. The van der Waals surface area contributed by atoms with Crippen molar-refractivity contribution in [2.75, 3.05) is 18.9 Å². The first-order valence-corrected chi connectivity index (χ1v) is 9.14. The molecule has 2 rings (SSSR count). The van der Waals surface area contributed by atoms with E-state index in [-0.39, 0.29) is 16.6 Å². The molecule has 1 aliphatic heterocycles. The fourth-order valence-corrected chi connectivity index (χ4v) is 4.03. The molecule has 3 atom stereocenters. The van der Waals surface area contributed by atoms with E-state index in [0.717, 1.165) is 18.9 Å². The summed E-state index contributed by atoms with van der Waals surface area (Å²) in [6.07, 6.45) is 1.19. The Morgan fingerprint density at radius 1 is 1.26 bits per heavy atom. The summed E-state index contributed by atoms with van der Waals surface area (Å²) in [6, 6.07) is 0. The molecule has 0 spiro atoms. The minimum absolute atomic E-state index is 0.161. The molecule has 2 N–H and O–H groups in total. The van der Waals surface area contributed by atoms with Gasteiger partial charge in [0.05, 0.1) is 5.25 Å². The number of amides is 1. The number of piperidine rings is 1. The summed E-state index contributed by atoms with van der Waals surface area (Å²) in [5, 5.41) is 8.71. The maximum Gasteiger partial charge on any atom is 0.235 e. The van der Waals surface area contributed by atoms with Gasteiger partial charge in [0.1, 0.15) is 0 Å². The van der Waals surface area contributed by atoms with Crippen molar-refractivity contribution in [2.45, 2.75) is 63.8 Å². The van der Waals surface area contributed by atoms with Crippen molar-refractivity contribution in [1.29, 1.82) is 0 Å². The van der Waals surface area contributed by atoms with Gasteiger partial charge in [0.15, 0.2) is 5.82 Å². The summed E-state index contributed by atoms with van der Waals surface area (Å²) in [5.74, 6) is 8.11. The summed E-state index contributed by atoms with van der Waals surface area (Å²) in [5.41, 5.74) is -0.175. The highest BCUT2D eigenvalue weighted by molar-refractivity contribution is 8.00. The number of likely N-dealkylation sites (tertiary alicyclic amines) is 1. The van der Waals surface area contributed by atoms with E-state index in [2.05, 4.69) is 24.0 Å². The molecule has 6 nitrogen and oxygen atoms in total. The summed E-state index contributed by atoms with van der Waals surface area (Å²) in [4.78, 5) is 14.7. The molecular weight excluding hydrogens is 310 g/mol. The maximum atomic E-state index is 12.7. The fourth-order valence-electron chi connectivity index (χ4n) is 3.18. The minimum Gasteiger partial charge on any atom is -0.341 e. The van der Waals surface area contributed by atoms with Crippen molar-refractivity contribution >= 4 is 17.7 Å². The number of carbonyl (C=O) groups excluding carboxylic acids is 1. The Kier molecular flexibility index (Phi) is 5.28. The largest absolute Gasteiger partial charge is 0.341 e. The zero-order valence-electron chi connectivity index (χ0n) is 15.0. The van der Waals surface area contributed by atoms with Crippen LogP contribution in [0.25, 0.3) is 0 Å². The first kappa shape index (κ1) is 18.1. The van der Waals surface area contributed by atoms with Crippen molar-refractivity contribution in [3.8, 4) is 0 Å². The second-order valence-corrected chi connectivity index (χ2v) is 9.18. The van der Waals surface area contributed by atoms with Crippen LogP contribution in [0.1, 0.15) is 53.8 Å². The van der Waals surface area contributed by atoms with Crippen LogP contribution >= 0.6 is 11.8 Å². The molecule has 3 unspecified atom stereocenters. The number of aromatic nitrogens is 3.